The number of hydrogen-bond donors (Lipinski definition) is 1. The second-order valence-corrected chi connectivity index (χ2v) is 5.23. The minimum Gasteiger partial charge on any atom is -0.312 e. The second kappa shape index (κ2) is 6.73. The third-order valence-electron chi connectivity index (χ3n) is 3.27. The number of aromatic nitrogens is 1. The van der Waals surface area contributed by atoms with Gasteiger partial charge in [-0.15, -0.1) is 0 Å². The Bertz CT molecular complexity index is 632. The van der Waals surface area contributed by atoms with E-state index in [1.807, 2.05) is 36.4 Å². The van der Waals surface area contributed by atoms with Crippen LogP contribution in [0, 0.1) is 0 Å². The third-order valence-corrected chi connectivity index (χ3v) is 3.52. The van der Waals surface area contributed by atoms with E-state index in [1.165, 1.54) is 0 Å². The molecular formula is C16H19ClN2O. The van der Waals surface area contributed by atoms with E-state index < -0.39 is 0 Å². The van der Waals surface area contributed by atoms with Gasteiger partial charge in [-0.3, -0.25) is 4.79 Å². The number of nitrogens with zero attached hydrogens (tertiary/aromatic N) is 1. The normalized spacial score (nSPS) is 10.8. The van der Waals surface area contributed by atoms with Crippen molar-refractivity contribution in [3.63, 3.8) is 0 Å². The van der Waals surface area contributed by atoms with Crippen LogP contribution in [0.15, 0.2) is 41.2 Å². The minimum atomic E-state index is 0.0426. The highest BCUT2D eigenvalue weighted by Crippen LogP contribution is 2.20. The number of halogens is 1. The highest BCUT2D eigenvalue weighted by molar-refractivity contribution is 6.30. The summed E-state index contributed by atoms with van der Waals surface area (Å²) in [6, 6.07) is 11.4. The molecule has 106 valence electrons. The van der Waals surface area contributed by atoms with Gasteiger partial charge in [-0.05, 0) is 36.7 Å². The first-order chi connectivity index (χ1) is 9.63. The molecule has 0 radical (unpaired) electrons. The molecule has 1 aromatic carbocycles. The molecule has 4 heteroatoms. The van der Waals surface area contributed by atoms with Gasteiger partial charge in [0.05, 0.1) is 5.69 Å². The van der Waals surface area contributed by atoms with Crippen LogP contribution >= 0.6 is 11.6 Å². The Hall–Kier alpha value is -1.58. The molecule has 0 amide bonds. The molecule has 20 heavy (non-hydrogen) atoms. The lowest BCUT2D eigenvalue weighted by atomic mass is 10.1. The van der Waals surface area contributed by atoms with Crippen molar-refractivity contribution in [2.24, 2.45) is 7.05 Å². The van der Waals surface area contributed by atoms with Crippen LogP contribution in [0.4, 0.5) is 0 Å². The zero-order valence-electron chi connectivity index (χ0n) is 11.8. The maximum atomic E-state index is 12.3. The molecular weight excluding hydrogens is 272 g/mol. The molecule has 2 aromatic rings. The molecule has 0 aliphatic rings. The van der Waals surface area contributed by atoms with E-state index in [-0.39, 0.29) is 5.56 Å². The van der Waals surface area contributed by atoms with E-state index in [1.54, 1.807) is 11.6 Å². The van der Waals surface area contributed by atoms with Crippen LogP contribution in [0.25, 0.3) is 11.3 Å². The molecule has 0 aliphatic heterocycles. The SMILES string of the molecule is CCCNCc1ccc(-c2ccc(Cl)cc2)n(C)c1=O. The van der Waals surface area contributed by atoms with Crippen molar-refractivity contribution in [3.05, 3.63) is 57.3 Å². The van der Waals surface area contributed by atoms with Crippen LogP contribution < -0.4 is 10.9 Å². The van der Waals surface area contributed by atoms with Crippen LogP contribution in [0.3, 0.4) is 0 Å². The minimum absolute atomic E-state index is 0.0426. The molecule has 1 N–H and O–H groups in total. The van der Waals surface area contributed by atoms with E-state index in [0.29, 0.717) is 11.6 Å². The zero-order valence-corrected chi connectivity index (χ0v) is 12.6. The van der Waals surface area contributed by atoms with E-state index >= 15 is 0 Å². The van der Waals surface area contributed by atoms with Gasteiger partial charge < -0.3 is 9.88 Å². The Morgan fingerprint density at radius 2 is 1.85 bits per heavy atom. The van der Waals surface area contributed by atoms with Gasteiger partial charge in [0.2, 0.25) is 0 Å². The molecule has 1 aromatic heterocycles. The van der Waals surface area contributed by atoms with Gasteiger partial charge in [-0.1, -0.05) is 36.7 Å². The Kier molecular flexibility index (Phi) is 4.99. The molecule has 0 saturated carbocycles. The number of rotatable bonds is 5. The third kappa shape index (κ3) is 3.30. The number of benzene rings is 1. The van der Waals surface area contributed by atoms with Gasteiger partial charge in [-0.2, -0.15) is 0 Å². The Balaban J connectivity index is 2.31. The fourth-order valence-electron chi connectivity index (χ4n) is 2.13. The van der Waals surface area contributed by atoms with E-state index in [2.05, 4.69) is 12.2 Å². The van der Waals surface area contributed by atoms with Gasteiger partial charge in [0.15, 0.2) is 0 Å². The predicted octanol–water partition coefficient (Wildman–Crippen LogP) is 3.21. The van der Waals surface area contributed by atoms with Crippen molar-refractivity contribution in [2.75, 3.05) is 6.54 Å². The van der Waals surface area contributed by atoms with E-state index in [9.17, 15) is 4.79 Å². The van der Waals surface area contributed by atoms with Crippen LogP contribution in [0.5, 0.6) is 0 Å². The first-order valence-electron chi connectivity index (χ1n) is 6.79. The Labute approximate surface area is 124 Å². The van der Waals surface area contributed by atoms with Crippen LogP contribution in [-0.4, -0.2) is 11.1 Å². The van der Waals surface area contributed by atoms with Crippen molar-refractivity contribution in [1.82, 2.24) is 9.88 Å². The zero-order chi connectivity index (χ0) is 14.5. The average molecular weight is 291 g/mol. The van der Waals surface area contributed by atoms with Crippen molar-refractivity contribution in [3.8, 4) is 11.3 Å². The summed E-state index contributed by atoms with van der Waals surface area (Å²) >= 11 is 5.89. The number of pyridine rings is 1. The molecule has 0 fully saturated rings. The quantitative estimate of drug-likeness (QED) is 0.858. The summed E-state index contributed by atoms with van der Waals surface area (Å²) < 4.78 is 1.69. The molecule has 0 atom stereocenters. The summed E-state index contributed by atoms with van der Waals surface area (Å²) in [7, 11) is 1.80. The van der Waals surface area contributed by atoms with Gasteiger partial charge in [0, 0.05) is 24.2 Å². The molecule has 0 aliphatic carbocycles. The molecule has 0 saturated heterocycles. The highest BCUT2D eigenvalue weighted by atomic mass is 35.5. The summed E-state index contributed by atoms with van der Waals surface area (Å²) in [5.74, 6) is 0. The van der Waals surface area contributed by atoms with Gasteiger partial charge in [-0.25, -0.2) is 0 Å². The number of nitrogens with one attached hydrogen (secondary N) is 1. The maximum Gasteiger partial charge on any atom is 0.255 e. The van der Waals surface area contributed by atoms with Gasteiger partial charge in [0.25, 0.3) is 5.56 Å². The van der Waals surface area contributed by atoms with Crippen molar-refractivity contribution < 1.29 is 0 Å². The van der Waals surface area contributed by atoms with Gasteiger partial charge in [0.1, 0.15) is 0 Å². The van der Waals surface area contributed by atoms with Crippen molar-refractivity contribution >= 4 is 11.6 Å². The van der Waals surface area contributed by atoms with E-state index in [4.69, 9.17) is 11.6 Å². The fourth-order valence-corrected chi connectivity index (χ4v) is 2.26. The summed E-state index contributed by atoms with van der Waals surface area (Å²) in [5, 5.41) is 3.95. The summed E-state index contributed by atoms with van der Waals surface area (Å²) in [6.07, 6.45) is 1.06. The predicted molar refractivity (Wildman–Crippen MR) is 84.1 cm³/mol. The number of hydrogen-bond acceptors (Lipinski definition) is 2. The molecule has 3 nitrogen and oxygen atoms in total. The lowest BCUT2D eigenvalue weighted by Crippen LogP contribution is -2.26. The Morgan fingerprint density at radius 1 is 1.15 bits per heavy atom. The van der Waals surface area contributed by atoms with Crippen molar-refractivity contribution in [2.45, 2.75) is 19.9 Å². The Morgan fingerprint density at radius 3 is 2.50 bits per heavy atom. The summed E-state index contributed by atoms with van der Waals surface area (Å²) in [6.45, 7) is 3.64. The van der Waals surface area contributed by atoms with Crippen LogP contribution in [0.1, 0.15) is 18.9 Å². The molecule has 1 heterocycles. The standard InChI is InChI=1S/C16H19ClN2O/c1-3-10-18-11-13-6-9-15(19(2)16(13)20)12-4-7-14(17)8-5-12/h4-9,18H,3,10-11H2,1-2H3. The largest absolute Gasteiger partial charge is 0.312 e. The highest BCUT2D eigenvalue weighted by Gasteiger charge is 2.07. The molecule has 0 spiro atoms. The van der Waals surface area contributed by atoms with Crippen molar-refractivity contribution in [1.29, 1.82) is 0 Å². The lowest BCUT2D eigenvalue weighted by molar-refractivity contribution is 0.664. The van der Waals surface area contributed by atoms with Crippen LogP contribution in [-0.2, 0) is 13.6 Å². The monoisotopic (exact) mass is 290 g/mol. The first-order valence-corrected chi connectivity index (χ1v) is 7.17. The van der Waals surface area contributed by atoms with E-state index in [0.717, 1.165) is 29.8 Å². The van der Waals surface area contributed by atoms with Gasteiger partial charge >= 0.3 is 0 Å². The average Bonchev–Trinajstić information content (AvgIpc) is 2.45. The second-order valence-electron chi connectivity index (χ2n) is 4.79. The van der Waals surface area contributed by atoms with Crippen LogP contribution in [0.2, 0.25) is 5.02 Å². The topological polar surface area (TPSA) is 34.0 Å². The molecule has 2 rings (SSSR count). The lowest BCUT2D eigenvalue weighted by Gasteiger charge is -2.11. The molecule has 0 bridgehead atoms. The summed E-state index contributed by atoms with van der Waals surface area (Å²) in [4.78, 5) is 12.3. The fraction of sp³-hybridized carbons (Fsp3) is 0.312. The summed E-state index contributed by atoms with van der Waals surface area (Å²) in [5.41, 5.74) is 2.72. The first kappa shape index (κ1) is 14.8. The maximum absolute atomic E-state index is 12.3. The molecule has 0 unspecified atom stereocenters. The smallest absolute Gasteiger partial charge is 0.255 e.